The molecule has 1 aliphatic rings. The first-order valence-electron chi connectivity index (χ1n) is 5.90. The predicted octanol–water partition coefficient (Wildman–Crippen LogP) is 1.65. The van der Waals surface area contributed by atoms with Crippen LogP contribution in [-0.4, -0.2) is 19.6 Å². The molecule has 1 atom stereocenters. The standard InChI is InChI=1S/C13H20N2/c14-8-1-2-11-3-5-12(6-4-11)13-7-9-15-10-13/h3-6,13,15H,1-2,7-10,14H2. The van der Waals surface area contributed by atoms with Gasteiger partial charge in [-0.3, -0.25) is 0 Å². The Bertz CT molecular complexity index is 286. The molecular formula is C13H20N2. The lowest BCUT2D eigenvalue weighted by molar-refractivity contribution is 0.761. The van der Waals surface area contributed by atoms with Crippen LogP contribution in [0.25, 0.3) is 0 Å². The van der Waals surface area contributed by atoms with Crippen LogP contribution in [0.15, 0.2) is 24.3 Å². The lowest BCUT2D eigenvalue weighted by atomic mass is 9.96. The summed E-state index contributed by atoms with van der Waals surface area (Å²) in [7, 11) is 0. The van der Waals surface area contributed by atoms with Gasteiger partial charge in [-0.05, 0) is 49.4 Å². The number of rotatable bonds is 4. The Morgan fingerprint density at radius 1 is 1.27 bits per heavy atom. The fraction of sp³-hybridized carbons (Fsp3) is 0.538. The molecule has 1 aromatic rings. The molecule has 1 unspecified atom stereocenters. The minimum absolute atomic E-state index is 0.730. The van der Waals surface area contributed by atoms with Gasteiger partial charge in [-0.25, -0.2) is 0 Å². The predicted molar refractivity (Wildman–Crippen MR) is 64.0 cm³/mol. The van der Waals surface area contributed by atoms with E-state index >= 15 is 0 Å². The number of aryl methyl sites for hydroxylation is 1. The zero-order valence-electron chi connectivity index (χ0n) is 9.21. The highest BCUT2D eigenvalue weighted by molar-refractivity contribution is 5.26. The molecule has 3 N–H and O–H groups in total. The minimum atomic E-state index is 0.730. The van der Waals surface area contributed by atoms with Crippen molar-refractivity contribution in [1.82, 2.24) is 5.32 Å². The molecule has 15 heavy (non-hydrogen) atoms. The number of hydrogen-bond donors (Lipinski definition) is 2. The van der Waals surface area contributed by atoms with Gasteiger partial charge in [0.1, 0.15) is 0 Å². The van der Waals surface area contributed by atoms with Crippen molar-refractivity contribution in [3.05, 3.63) is 35.4 Å². The van der Waals surface area contributed by atoms with Crippen molar-refractivity contribution >= 4 is 0 Å². The molecule has 2 nitrogen and oxygen atoms in total. The fourth-order valence-electron chi connectivity index (χ4n) is 2.20. The van der Waals surface area contributed by atoms with Gasteiger partial charge in [0.15, 0.2) is 0 Å². The highest BCUT2D eigenvalue weighted by Gasteiger charge is 2.15. The molecule has 2 heteroatoms. The molecule has 0 aromatic heterocycles. The summed E-state index contributed by atoms with van der Waals surface area (Å²) in [6.45, 7) is 3.09. The topological polar surface area (TPSA) is 38.0 Å². The first-order valence-corrected chi connectivity index (χ1v) is 5.90. The smallest absolute Gasteiger partial charge is 0.00206 e. The SMILES string of the molecule is NCCCc1ccc(C2CCNC2)cc1. The average Bonchev–Trinajstić information content (AvgIpc) is 2.80. The summed E-state index contributed by atoms with van der Waals surface area (Å²) in [4.78, 5) is 0. The third-order valence-electron chi connectivity index (χ3n) is 3.18. The van der Waals surface area contributed by atoms with E-state index in [2.05, 4.69) is 29.6 Å². The lowest BCUT2D eigenvalue weighted by Gasteiger charge is -2.09. The Morgan fingerprint density at radius 3 is 2.67 bits per heavy atom. The second-order valence-electron chi connectivity index (χ2n) is 4.32. The maximum absolute atomic E-state index is 5.50. The van der Waals surface area contributed by atoms with Gasteiger partial charge in [0, 0.05) is 6.54 Å². The molecule has 0 saturated carbocycles. The normalized spacial score (nSPS) is 20.7. The van der Waals surface area contributed by atoms with Crippen LogP contribution in [0.4, 0.5) is 0 Å². The van der Waals surface area contributed by atoms with Crippen LogP contribution in [0, 0.1) is 0 Å². The van der Waals surface area contributed by atoms with Gasteiger partial charge < -0.3 is 11.1 Å². The van der Waals surface area contributed by atoms with E-state index < -0.39 is 0 Å². The van der Waals surface area contributed by atoms with E-state index in [9.17, 15) is 0 Å². The molecule has 1 heterocycles. The molecule has 0 amide bonds. The first-order chi connectivity index (χ1) is 7.40. The van der Waals surface area contributed by atoms with Crippen LogP contribution in [0.5, 0.6) is 0 Å². The molecule has 1 saturated heterocycles. The largest absolute Gasteiger partial charge is 0.330 e. The van der Waals surface area contributed by atoms with Crippen LogP contribution < -0.4 is 11.1 Å². The molecule has 82 valence electrons. The summed E-state index contributed by atoms with van der Waals surface area (Å²) < 4.78 is 0. The van der Waals surface area contributed by atoms with Crippen LogP contribution >= 0.6 is 0 Å². The molecular weight excluding hydrogens is 184 g/mol. The van der Waals surface area contributed by atoms with Gasteiger partial charge in [0.05, 0.1) is 0 Å². The third kappa shape index (κ3) is 2.80. The minimum Gasteiger partial charge on any atom is -0.330 e. The summed E-state index contributed by atoms with van der Waals surface area (Å²) in [6, 6.07) is 9.07. The molecule has 0 radical (unpaired) electrons. The zero-order valence-corrected chi connectivity index (χ0v) is 9.21. The number of hydrogen-bond acceptors (Lipinski definition) is 2. The van der Waals surface area contributed by atoms with E-state index in [4.69, 9.17) is 5.73 Å². The second kappa shape index (κ2) is 5.29. The Balaban J connectivity index is 1.96. The van der Waals surface area contributed by atoms with Crippen molar-refractivity contribution in [1.29, 1.82) is 0 Å². The molecule has 0 aliphatic carbocycles. The fourth-order valence-corrected chi connectivity index (χ4v) is 2.20. The summed E-state index contributed by atoms with van der Waals surface area (Å²) >= 11 is 0. The van der Waals surface area contributed by atoms with Gasteiger partial charge in [0.2, 0.25) is 0 Å². The maximum atomic E-state index is 5.50. The summed E-state index contributed by atoms with van der Waals surface area (Å²) in [6.07, 6.45) is 3.48. The van der Waals surface area contributed by atoms with Crippen LogP contribution in [0.1, 0.15) is 29.9 Å². The van der Waals surface area contributed by atoms with Crippen molar-refractivity contribution in [3.8, 4) is 0 Å². The van der Waals surface area contributed by atoms with Crippen molar-refractivity contribution in [2.24, 2.45) is 5.73 Å². The highest BCUT2D eigenvalue weighted by Crippen LogP contribution is 2.22. The molecule has 0 bridgehead atoms. The number of benzene rings is 1. The van der Waals surface area contributed by atoms with E-state index in [1.807, 2.05) is 0 Å². The van der Waals surface area contributed by atoms with E-state index in [1.165, 1.54) is 24.1 Å². The zero-order chi connectivity index (χ0) is 10.5. The highest BCUT2D eigenvalue weighted by atomic mass is 14.9. The molecule has 0 spiro atoms. The van der Waals surface area contributed by atoms with E-state index in [0.717, 1.165) is 31.8 Å². The molecule has 1 fully saturated rings. The Morgan fingerprint density at radius 2 is 2.07 bits per heavy atom. The Labute approximate surface area is 91.9 Å². The van der Waals surface area contributed by atoms with E-state index in [0.29, 0.717) is 0 Å². The van der Waals surface area contributed by atoms with Crippen molar-refractivity contribution in [3.63, 3.8) is 0 Å². The lowest BCUT2D eigenvalue weighted by Crippen LogP contribution is -2.08. The number of nitrogens with two attached hydrogens (primary N) is 1. The summed E-state index contributed by atoms with van der Waals surface area (Å²) in [5.74, 6) is 0.730. The van der Waals surface area contributed by atoms with Gasteiger partial charge >= 0.3 is 0 Å². The van der Waals surface area contributed by atoms with Crippen LogP contribution in [0.3, 0.4) is 0 Å². The van der Waals surface area contributed by atoms with Gasteiger partial charge in [-0.2, -0.15) is 0 Å². The molecule has 1 aliphatic heterocycles. The second-order valence-corrected chi connectivity index (χ2v) is 4.32. The van der Waals surface area contributed by atoms with Gasteiger partial charge in [-0.15, -0.1) is 0 Å². The Kier molecular flexibility index (Phi) is 3.75. The summed E-state index contributed by atoms with van der Waals surface area (Å²) in [5, 5.41) is 3.40. The van der Waals surface area contributed by atoms with Crippen molar-refractivity contribution < 1.29 is 0 Å². The maximum Gasteiger partial charge on any atom is 0.00206 e. The Hall–Kier alpha value is -0.860. The van der Waals surface area contributed by atoms with Gasteiger partial charge in [0.25, 0.3) is 0 Å². The molecule has 2 rings (SSSR count). The quantitative estimate of drug-likeness (QED) is 0.782. The van der Waals surface area contributed by atoms with Gasteiger partial charge in [-0.1, -0.05) is 24.3 Å². The monoisotopic (exact) mass is 204 g/mol. The summed E-state index contributed by atoms with van der Waals surface area (Å²) in [5.41, 5.74) is 8.39. The van der Waals surface area contributed by atoms with E-state index in [1.54, 1.807) is 0 Å². The van der Waals surface area contributed by atoms with E-state index in [-0.39, 0.29) is 0 Å². The first kappa shape index (κ1) is 10.7. The molecule has 1 aromatic carbocycles. The average molecular weight is 204 g/mol. The van der Waals surface area contributed by atoms with Crippen molar-refractivity contribution in [2.75, 3.05) is 19.6 Å². The van der Waals surface area contributed by atoms with Crippen LogP contribution in [0.2, 0.25) is 0 Å². The third-order valence-corrected chi connectivity index (χ3v) is 3.18. The van der Waals surface area contributed by atoms with Crippen LogP contribution in [-0.2, 0) is 6.42 Å². The van der Waals surface area contributed by atoms with Crippen molar-refractivity contribution in [2.45, 2.75) is 25.2 Å². The number of nitrogens with one attached hydrogen (secondary N) is 1.